The molecule has 0 saturated carbocycles. The lowest BCUT2D eigenvalue weighted by Gasteiger charge is -1.99. The SMILES string of the molecule is CCSc1nnc(NC(=O)Cn2nnn(-c3cccs3)c2=O)s1. The molecule has 0 aromatic carbocycles. The molecular formula is C11H11N7O2S3. The number of hydrogen-bond donors (Lipinski definition) is 1. The molecule has 0 unspecified atom stereocenters. The number of tetrazole rings is 1. The summed E-state index contributed by atoms with van der Waals surface area (Å²) in [5.74, 6) is 0.471. The number of nitrogens with one attached hydrogen (secondary N) is 1. The minimum absolute atomic E-state index is 0.236. The van der Waals surface area contributed by atoms with E-state index in [0.29, 0.717) is 10.1 Å². The van der Waals surface area contributed by atoms with Crippen LogP contribution in [-0.2, 0) is 11.3 Å². The summed E-state index contributed by atoms with van der Waals surface area (Å²) in [5, 5.41) is 20.8. The topological polar surface area (TPSA) is 108 Å². The van der Waals surface area contributed by atoms with Gasteiger partial charge in [-0.25, -0.2) is 4.79 Å². The summed E-state index contributed by atoms with van der Waals surface area (Å²) in [6.07, 6.45) is 0. The molecule has 120 valence electrons. The van der Waals surface area contributed by atoms with Crippen LogP contribution in [0.1, 0.15) is 6.92 Å². The fourth-order valence-corrected chi connectivity index (χ4v) is 3.97. The number of carbonyl (C=O) groups excluding carboxylic acids is 1. The average molecular weight is 369 g/mol. The zero-order valence-electron chi connectivity index (χ0n) is 11.9. The van der Waals surface area contributed by atoms with Crippen LogP contribution in [0.4, 0.5) is 5.13 Å². The largest absolute Gasteiger partial charge is 0.369 e. The Kier molecular flexibility index (Phi) is 4.83. The van der Waals surface area contributed by atoms with Crippen molar-refractivity contribution >= 4 is 45.5 Å². The first kappa shape index (κ1) is 15.8. The molecule has 0 bridgehead atoms. The fraction of sp³-hybridized carbons (Fsp3) is 0.273. The maximum atomic E-state index is 12.1. The lowest BCUT2D eigenvalue weighted by atomic mass is 10.6. The van der Waals surface area contributed by atoms with Gasteiger partial charge in [-0.15, -0.1) is 21.5 Å². The summed E-state index contributed by atoms with van der Waals surface area (Å²) in [7, 11) is 0. The summed E-state index contributed by atoms with van der Waals surface area (Å²) in [6, 6.07) is 3.55. The number of amides is 1. The number of carbonyl (C=O) groups is 1. The van der Waals surface area contributed by atoms with Crippen molar-refractivity contribution in [3.05, 3.63) is 28.0 Å². The van der Waals surface area contributed by atoms with E-state index in [-0.39, 0.29) is 6.54 Å². The van der Waals surface area contributed by atoms with Crippen molar-refractivity contribution in [2.24, 2.45) is 0 Å². The molecule has 3 heterocycles. The summed E-state index contributed by atoms with van der Waals surface area (Å²) >= 11 is 4.19. The maximum absolute atomic E-state index is 12.1. The van der Waals surface area contributed by atoms with Gasteiger partial charge >= 0.3 is 5.69 Å². The molecule has 1 amide bonds. The Morgan fingerprint density at radius 2 is 2.26 bits per heavy atom. The minimum atomic E-state index is -0.470. The quantitative estimate of drug-likeness (QED) is 0.512. The van der Waals surface area contributed by atoms with E-state index in [2.05, 4.69) is 25.9 Å². The van der Waals surface area contributed by atoms with E-state index in [4.69, 9.17) is 0 Å². The Bertz CT molecular complexity index is 851. The third kappa shape index (κ3) is 3.65. The van der Waals surface area contributed by atoms with Gasteiger partial charge in [0.1, 0.15) is 11.5 Å². The average Bonchev–Trinajstić information content (AvgIpc) is 3.23. The predicted octanol–water partition coefficient (Wildman–Crippen LogP) is 1.09. The first-order chi connectivity index (χ1) is 11.2. The number of hydrogen-bond acceptors (Lipinski definition) is 9. The maximum Gasteiger partial charge on any atom is 0.369 e. The van der Waals surface area contributed by atoms with Crippen molar-refractivity contribution in [2.45, 2.75) is 17.8 Å². The summed E-state index contributed by atoms with van der Waals surface area (Å²) < 4.78 is 2.93. The van der Waals surface area contributed by atoms with Gasteiger partial charge in [-0.1, -0.05) is 30.0 Å². The first-order valence-electron chi connectivity index (χ1n) is 6.50. The van der Waals surface area contributed by atoms with Crippen molar-refractivity contribution < 1.29 is 4.79 Å². The summed E-state index contributed by atoms with van der Waals surface area (Å²) in [5.41, 5.74) is -0.470. The molecule has 0 aliphatic rings. The Balaban J connectivity index is 1.67. The number of thioether (sulfide) groups is 1. The lowest BCUT2D eigenvalue weighted by Crippen LogP contribution is -2.29. The van der Waals surface area contributed by atoms with E-state index in [1.165, 1.54) is 22.7 Å². The molecule has 1 N–H and O–H groups in total. The number of anilines is 1. The molecule has 9 nitrogen and oxygen atoms in total. The smallest absolute Gasteiger partial charge is 0.299 e. The van der Waals surface area contributed by atoms with E-state index in [1.54, 1.807) is 23.9 Å². The van der Waals surface area contributed by atoms with Gasteiger partial charge in [0.05, 0.1) is 0 Å². The summed E-state index contributed by atoms with van der Waals surface area (Å²) in [6.45, 7) is 1.77. The molecule has 0 radical (unpaired) electrons. The Morgan fingerprint density at radius 3 is 3.00 bits per heavy atom. The first-order valence-corrected chi connectivity index (χ1v) is 9.18. The molecular weight excluding hydrogens is 358 g/mol. The van der Waals surface area contributed by atoms with E-state index in [0.717, 1.165) is 19.5 Å². The molecule has 3 aromatic rings. The third-order valence-electron chi connectivity index (χ3n) is 2.57. The van der Waals surface area contributed by atoms with Crippen molar-refractivity contribution in [1.82, 2.24) is 30.0 Å². The van der Waals surface area contributed by atoms with Crippen LogP contribution >= 0.6 is 34.4 Å². The van der Waals surface area contributed by atoms with Crippen LogP contribution in [0.3, 0.4) is 0 Å². The van der Waals surface area contributed by atoms with Crippen LogP contribution in [0.15, 0.2) is 26.6 Å². The highest BCUT2D eigenvalue weighted by Crippen LogP contribution is 2.24. The van der Waals surface area contributed by atoms with E-state index >= 15 is 0 Å². The van der Waals surface area contributed by atoms with Gasteiger partial charge in [-0.2, -0.15) is 9.36 Å². The van der Waals surface area contributed by atoms with Gasteiger partial charge in [0, 0.05) is 0 Å². The van der Waals surface area contributed by atoms with Crippen LogP contribution in [0, 0.1) is 0 Å². The molecule has 0 spiro atoms. The van der Waals surface area contributed by atoms with Crippen molar-refractivity contribution in [2.75, 3.05) is 11.1 Å². The molecule has 0 aliphatic carbocycles. The molecule has 0 fully saturated rings. The zero-order chi connectivity index (χ0) is 16.2. The van der Waals surface area contributed by atoms with Gasteiger partial charge in [-0.3, -0.25) is 10.1 Å². The van der Waals surface area contributed by atoms with E-state index < -0.39 is 11.6 Å². The fourth-order valence-electron chi connectivity index (χ4n) is 1.64. The second kappa shape index (κ2) is 7.02. The van der Waals surface area contributed by atoms with Crippen LogP contribution in [0.2, 0.25) is 0 Å². The number of nitrogens with zero attached hydrogens (tertiary/aromatic N) is 6. The molecule has 0 saturated heterocycles. The van der Waals surface area contributed by atoms with E-state index in [1.807, 2.05) is 12.3 Å². The van der Waals surface area contributed by atoms with Crippen LogP contribution < -0.4 is 11.0 Å². The molecule has 0 atom stereocenters. The minimum Gasteiger partial charge on any atom is -0.299 e. The monoisotopic (exact) mass is 369 g/mol. The predicted molar refractivity (Wildman–Crippen MR) is 88.4 cm³/mol. The molecule has 12 heteroatoms. The molecule has 0 aliphatic heterocycles. The molecule has 3 aromatic heterocycles. The van der Waals surface area contributed by atoms with E-state index in [9.17, 15) is 9.59 Å². The van der Waals surface area contributed by atoms with Gasteiger partial charge in [-0.05, 0) is 33.7 Å². The van der Waals surface area contributed by atoms with Crippen molar-refractivity contribution in [1.29, 1.82) is 0 Å². The lowest BCUT2D eigenvalue weighted by molar-refractivity contribution is -0.117. The zero-order valence-corrected chi connectivity index (χ0v) is 14.3. The Morgan fingerprint density at radius 1 is 1.39 bits per heavy atom. The van der Waals surface area contributed by atoms with Crippen molar-refractivity contribution in [3.8, 4) is 5.00 Å². The number of thiophene rings is 1. The molecule has 3 rings (SSSR count). The van der Waals surface area contributed by atoms with Gasteiger partial charge in [0.25, 0.3) is 0 Å². The van der Waals surface area contributed by atoms with Gasteiger partial charge in [0.15, 0.2) is 4.34 Å². The Hall–Kier alpha value is -2.05. The van der Waals surface area contributed by atoms with Crippen molar-refractivity contribution in [3.63, 3.8) is 0 Å². The van der Waals surface area contributed by atoms with Crippen LogP contribution in [0.5, 0.6) is 0 Å². The highest BCUT2D eigenvalue weighted by atomic mass is 32.2. The van der Waals surface area contributed by atoms with Crippen LogP contribution in [-0.4, -0.2) is 41.6 Å². The van der Waals surface area contributed by atoms with Gasteiger partial charge < -0.3 is 0 Å². The normalized spacial score (nSPS) is 10.8. The van der Waals surface area contributed by atoms with Crippen LogP contribution in [0.25, 0.3) is 5.00 Å². The number of rotatable bonds is 6. The highest BCUT2D eigenvalue weighted by molar-refractivity contribution is 8.01. The standard InChI is InChI=1S/C11H11N7O2S3/c1-2-21-10-14-13-9(23-10)12-7(19)6-17-11(20)18(16-15-17)8-4-3-5-22-8/h3-5H,2,6H2,1H3,(H,12,13,19). The Labute approximate surface area is 142 Å². The second-order valence-corrected chi connectivity index (χ2v) is 7.55. The highest BCUT2D eigenvalue weighted by Gasteiger charge is 2.14. The second-order valence-electron chi connectivity index (χ2n) is 4.14. The molecule has 23 heavy (non-hydrogen) atoms. The third-order valence-corrected chi connectivity index (χ3v) is 5.27. The summed E-state index contributed by atoms with van der Waals surface area (Å²) in [4.78, 5) is 24.1. The number of aromatic nitrogens is 6. The van der Waals surface area contributed by atoms with Gasteiger partial charge in [0.2, 0.25) is 11.0 Å².